The number of hydrogen-bond donors (Lipinski definition) is 2. The van der Waals surface area contributed by atoms with Gasteiger partial charge in [0.05, 0.1) is 0 Å². The largest absolute Gasteiger partial charge is 0.399 e. The first-order chi connectivity index (χ1) is 8.96. The summed E-state index contributed by atoms with van der Waals surface area (Å²) in [6.07, 6.45) is 0.931. The summed E-state index contributed by atoms with van der Waals surface area (Å²) >= 11 is 0. The van der Waals surface area contributed by atoms with Crippen molar-refractivity contribution in [2.24, 2.45) is 0 Å². The summed E-state index contributed by atoms with van der Waals surface area (Å²) < 4.78 is 0. The molecule has 0 atom stereocenters. The molecule has 0 aromatic heterocycles. The Morgan fingerprint density at radius 1 is 1.00 bits per heavy atom. The first kappa shape index (κ1) is 13.5. The van der Waals surface area contributed by atoms with Gasteiger partial charge in [0.25, 0.3) is 0 Å². The molecule has 0 bridgehead atoms. The van der Waals surface area contributed by atoms with E-state index in [4.69, 9.17) is 11.5 Å². The van der Waals surface area contributed by atoms with Crippen molar-refractivity contribution >= 4 is 11.4 Å². The molecule has 19 heavy (non-hydrogen) atoms. The van der Waals surface area contributed by atoms with Gasteiger partial charge in [0.1, 0.15) is 0 Å². The standard InChI is InChI=1S/C17H22N2/c1-4-12-10-14(18)11-15(19)16(12)17(2,3)13-8-6-5-7-9-13/h5-11H,4,18-19H2,1-3H3. The molecule has 2 aromatic rings. The van der Waals surface area contributed by atoms with Crippen molar-refractivity contribution in [1.29, 1.82) is 0 Å². The summed E-state index contributed by atoms with van der Waals surface area (Å²) in [6, 6.07) is 14.4. The summed E-state index contributed by atoms with van der Waals surface area (Å²) in [5.74, 6) is 0. The quantitative estimate of drug-likeness (QED) is 0.820. The minimum Gasteiger partial charge on any atom is -0.399 e. The first-order valence-electron chi connectivity index (χ1n) is 6.70. The third-order valence-electron chi connectivity index (χ3n) is 3.77. The average Bonchev–Trinajstić information content (AvgIpc) is 2.38. The van der Waals surface area contributed by atoms with Gasteiger partial charge in [-0.05, 0) is 35.2 Å². The molecule has 0 unspecified atom stereocenters. The Morgan fingerprint density at radius 2 is 1.63 bits per heavy atom. The van der Waals surface area contributed by atoms with Gasteiger partial charge < -0.3 is 11.5 Å². The summed E-state index contributed by atoms with van der Waals surface area (Å²) in [4.78, 5) is 0. The van der Waals surface area contributed by atoms with Crippen LogP contribution < -0.4 is 11.5 Å². The molecule has 100 valence electrons. The predicted octanol–water partition coefficient (Wildman–Crippen LogP) is 3.74. The Bertz CT molecular complexity index is 571. The highest BCUT2D eigenvalue weighted by Crippen LogP contribution is 2.38. The molecule has 0 saturated carbocycles. The van der Waals surface area contributed by atoms with Gasteiger partial charge in [0.15, 0.2) is 0 Å². The van der Waals surface area contributed by atoms with Gasteiger partial charge in [-0.3, -0.25) is 0 Å². The van der Waals surface area contributed by atoms with E-state index in [-0.39, 0.29) is 5.41 Å². The molecule has 0 aliphatic heterocycles. The number of nitrogens with two attached hydrogens (primary N) is 2. The van der Waals surface area contributed by atoms with Gasteiger partial charge in [-0.15, -0.1) is 0 Å². The second kappa shape index (κ2) is 4.96. The summed E-state index contributed by atoms with van der Waals surface area (Å²) in [5, 5.41) is 0. The lowest BCUT2D eigenvalue weighted by atomic mass is 9.74. The number of rotatable bonds is 3. The van der Waals surface area contributed by atoms with Crippen LogP contribution >= 0.6 is 0 Å². The highest BCUT2D eigenvalue weighted by atomic mass is 14.6. The van der Waals surface area contributed by atoms with E-state index >= 15 is 0 Å². The fourth-order valence-electron chi connectivity index (χ4n) is 2.79. The van der Waals surface area contributed by atoms with Crippen molar-refractivity contribution in [2.45, 2.75) is 32.6 Å². The molecule has 0 saturated heterocycles. The van der Waals surface area contributed by atoms with E-state index in [2.05, 4.69) is 45.0 Å². The van der Waals surface area contributed by atoms with Crippen molar-refractivity contribution in [3.63, 3.8) is 0 Å². The van der Waals surface area contributed by atoms with Gasteiger partial charge in [0, 0.05) is 16.8 Å². The summed E-state index contributed by atoms with van der Waals surface area (Å²) in [7, 11) is 0. The van der Waals surface area contributed by atoms with E-state index in [1.54, 1.807) is 0 Å². The van der Waals surface area contributed by atoms with Crippen LogP contribution in [-0.4, -0.2) is 0 Å². The maximum absolute atomic E-state index is 6.24. The molecule has 0 aliphatic rings. The summed E-state index contributed by atoms with van der Waals surface area (Å²) in [5.41, 5.74) is 17.2. The molecular formula is C17H22N2. The second-order valence-electron chi connectivity index (χ2n) is 5.49. The van der Waals surface area contributed by atoms with Gasteiger partial charge in [-0.25, -0.2) is 0 Å². The van der Waals surface area contributed by atoms with Crippen molar-refractivity contribution < 1.29 is 0 Å². The van der Waals surface area contributed by atoms with E-state index in [1.165, 1.54) is 16.7 Å². The Kier molecular flexibility index (Phi) is 3.52. The zero-order valence-corrected chi connectivity index (χ0v) is 11.9. The lowest BCUT2D eigenvalue weighted by molar-refractivity contribution is 0.635. The van der Waals surface area contributed by atoms with Gasteiger partial charge in [-0.2, -0.15) is 0 Å². The Labute approximate surface area is 115 Å². The highest BCUT2D eigenvalue weighted by molar-refractivity contribution is 5.64. The Morgan fingerprint density at radius 3 is 2.21 bits per heavy atom. The van der Waals surface area contributed by atoms with Crippen molar-refractivity contribution in [1.82, 2.24) is 0 Å². The lowest BCUT2D eigenvalue weighted by Crippen LogP contribution is -2.23. The predicted molar refractivity (Wildman–Crippen MR) is 83.2 cm³/mol. The smallest absolute Gasteiger partial charge is 0.0378 e. The molecule has 0 aliphatic carbocycles. The van der Waals surface area contributed by atoms with E-state index < -0.39 is 0 Å². The van der Waals surface area contributed by atoms with Crippen LogP contribution in [0, 0.1) is 0 Å². The first-order valence-corrected chi connectivity index (χ1v) is 6.70. The number of benzene rings is 2. The number of aryl methyl sites for hydroxylation is 1. The van der Waals surface area contributed by atoms with E-state index in [1.807, 2.05) is 18.2 Å². The lowest BCUT2D eigenvalue weighted by Gasteiger charge is -2.30. The molecular weight excluding hydrogens is 232 g/mol. The van der Waals surface area contributed by atoms with Crippen LogP contribution in [0.3, 0.4) is 0 Å². The van der Waals surface area contributed by atoms with Crippen LogP contribution in [0.2, 0.25) is 0 Å². The van der Waals surface area contributed by atoms with Crippen molar-refractivity contribution in [2.75, 3.05) is 11.5 Å². The van der Waals surface area contributed by atoms with Crippen LogP contribution in [0.5, 0.6) is 0 Å². The Hall–Kier alpha value is -1.96. The van der Waals surface area contributed by atoms with E-state index in [9.17, 15) is 0 Å². The third-order valence-corrected chi connectivity index (χ3v) is 3.77. The number of nitrogen functional groups attached to an aromatic ring is 2. The third kappa shape index (κ3) is 2.43. The minimum atomic E-state index is -0.121. The molecule has 2 aromatic carbocycles. The zero-order chi connectivity index (χ0) is 14.0. The normalized spacial score (nSPS) is 11.5. The fourth-order valence-corrected chi connectivity index (χ4v) is 2.79. The number of anilines is 2. The van der Waals surface area contributed by atoms with Crippen LogP contribution in [0.25, 0.3) is 0 Å². The molecule has 0 amide bonds. The van der Waals surface area contributed by atoms with Gasteiger partial charge in [0.2, 0.25) is 0 Å². The van der Waals surface area contributed by atoms with Crippen LogP contribution in [0.1, 0.15) is 37.5 Å². The van der Waals surface area contributed by atoms with Crippen LogP contribution in [0.15, 0.2) is 42.5 Å². The maximum atomic E-state index is 6.24. The average molecular weight is 254 g/mol. The summed E-state index contributed by atoms with van der Waals surface area (Å²) in [6.45, 7) is 6.56. The number of hydrogen-bond acceptors (Lipinski definition) is 2. The van der Waals surface area contributed by atoms with Gasteiger partial charge >= 0.3 is 0 Å². The molecule has 0 heterocycles. The molecule has 0 spiro atoms. The zero-order valence-electron chi connectivity index (χ0n) is 11.9. The molecule has 0 fully saturated rings. The molecule has 2 nitrogen and oxygen atoms in total. The van der Waals surface area contributed by atoms with Crippen molar-refractivity contribution in [3.05, 3.63) is 59.2 Å². The van der Waals surface area contributed by atoms with E-state index in [0.717, 1.165) is 17.8 Å². The monoisotopic (exact) mass is 254 g/mol. The molecule has 2 heteroatoms. The van der Waals surface area contributed by atoms with Crippen LogP contribution in [0.4, 0.5) is 11.4 Å². The highest BCUT2D eigenvalue weighted by Gasteiger charge is 2.27. The molecule has 2 rings (SSSR count). The Balaban J connectivity index is 2.64. The maximum Gasteiger partial charge on any atom is 0.0378 e. The molecule has 4 N–H and O–H groups in total. The second-order valence-corrected chi connectivity index (χ2v) is 5.49. The van der Waals surface area contributed by atoms with Crippen molar-refractivity contribution in [3.8, 4) is 0 Å². The molecule has 0 radical (unpaired) electrons. The van der Waals surface area contributed by atoms with E-state index in [0.29, 0.717) is 0 Å². The van der Waals surface area contributed by atoms with Crippen LogP contribution in [-0.2, 0) is 11.8 Å². The fraction of sp³-hybridized carbons (Fsp3) is 0.294. The van der Waals surface area contributed by atoms with Gasteiger partial charge in [-0.1, -0.05) is 51.1 Å². The topological polar surface area (TPSA) is 52.0 Å². The minimum absolute atomic E-state index is 0.121. The SMILES string of the molecule is CCc1cc(N)cc(N)c1C(C)(C)c1ccccc1.